The van der Waals surface area contributed by atoms with E-state index in [4.69, 9.17) is 9.47 Å². The fraction of sp³-hybridized carbons (Fsp3) is 0.333. The molecule has 4 rings (SSSR count). The molecule has 0 aliphatic carbocycles. The summed E-state index contributed by atoms with van der Waals surface area (Å²) in [6.45, 7) is 6.10. The third kappa shape index (κ3) is 12.3. The van der Waals surface area contributed by atoms with Gasteiger partial charge in [0.15, 0.2) is 0 Å². The van der Waals surface area contributed by atoms with Crippen molar-refractivity contribution in [2.75, 3.05) is 19.6 Å². The minimum absolute atomic E-state index is 0.171. The minimum Gasteiger partial charge on any atom is -0.444 e. The predicted octanol–water partition coefficient (Wildman–Crippen LogP) is 6.24. The summed E-state index contributed by atoms with van der Waals surface area (Å²) in [4.78, 5) is 37.9. The van der Waals surface area contributed by atoms with Crippen LogP contribution in [0.1, 0.15) is 33.7 Å². The number of aromatic nitrogens is 2. The molecule has 2 N–H and O–H groups in total. The first-order valence-corrected chi connectivity index (χ1v) is 16.4. The summed E-state index contributed by atoms with van der Waals surface area (Å²) < 4.78 is 11.0. The van der Waals surface area contributed by atoms with Gasteiger partial charge in [-0.2, -0.15) is 0 Å². The second-order valence-corrected chi connectivity index (χ2v) is 12.3. The van der Waals surface area contributed by atoms with Crippen LogP contribution >= 0.6 is 22.7 Å². The van der Waals surface area contributed by atoms with E-state index in [9.17, 15) is 9.59 Å². The van der Waals surface area contributed by atoms with Gasteiger partial charge in [0, 0.05) is 37.6 Å². The van der Waals surface area contributed by atoms with Gasteiger partial charge in [-0.1, -0.05) is 66.7 Å². The molecule has 4 aromatic rings. The summed E-state index contributed by atoms with van der Waals surface area (Å²) in [5.74, 6) is 0. The number of nitrogens with one attached hydrogen (secondary N) is 2. The lowest BCUT2D eigenvalue weighted by Gasteiger charge is -2.31. The smallest absolute Gasteiger partial charge is 0.407 e. The van der Waals surface area contributed by atoms with Gasteiger partial charge in [-0.15, -0.1) is 29.3 Å². The second-order valence-electron chi connectivity index (χ2n) is 10.3. The average Bonchev–Trinajstić information content (AvgIpc) is 3.75. The van der Waals surface area contributed by atoms with Crippen molar-refractivity contribution in [3.8, 4) is 0 Å². The van der Waals surface area contributed by atoms with Crippen molar-refractivity contribution in [2.24, 2.45) is 0 Å². The number of alkyl carbamates (subject to hydrolysis) is 2. The van der Waals surface area contributed by atoms with E-state index >= 15 is 0 Å². The van der Waals surface area contributed by atoms with E-state index in [1.807, 2.05) is 42.5 Å². The second kappa shape index (κ2) is 18.6. The zero-order valence-electron chi connectivity index (χ0n) is 24.7. The van der Waals surface area contributed by atoms with Gasteiger partial charge >= 0.3 is 12.2 Å². The lowest BCUT2D eigenvalue weighted by Crippen LogP contribution is -2.50. The molecule has 0 aliphatic rings. The van der Waals surface area contributed by atoms with Crippen LogP contribution in [0.2, 0.25) is 0 Å². The molecule has 44 heavy (non-hydrogen) atoms. The van der Waals surface area contributed by atoms with Crippen LogP contribution in [0.3, 0.4) is 0 Å². The highest BCUT2D eigenvalue weighted by molar-refractivity contribution is 7.09. The number of thiazole rings is 2. The number of hydrogen-bond acceptors (Lipinski definition) is 9. The Kier molecular flexibility index (Phi) is 13.9. The Morgan fingerprint density at radius 2 is 1.27 bits per heavy atom. The fourth-order valence-corrected chi connectivity index (χ4v) is 5.79. The molecule has 0 saturated heterocycles. The molecule has 0 fully saturated rings. The van der Waals surface area contributed by atoms with Crippen LogP contribution in [0.5, 0.6) is 0 Å². The van der Waals surface area contributed by atoms with Crippen molar-refractivity contribution in [3.05, 3.63) is 118 Å². The van der Waals surface area contributed by atoms with Crippen LogP contribution in [0.25, 0.3) is 0 Å². The Hall–Kier alpha value is -4.06. The van der Waals surface area contributed by atoms with E-state index in [1.165, 1.54) is 22.7 Å². The normalized spacial score (nSPS) is 12.3. The van der Waals surface area contributed by atoms with Gasteiger partial charge in [-0.3, -0.25) is 14.9 Å². The van der Waals surface area contributed by atoms with Gasteiger partial charge in [0.05, 0.1) is 20.8 Å². The Bertz CT molecular complexity index is 1270. The Morgan fingerprint density at radius 1 is 0.795 bits per heavy atom. The molecule has 2 atom stereocenters. The highest BCUT2D eigenvalue weighted by atomic mass is 32.1. The van der Waals surface area contributed by atoms with Crippen LogP contribution in [0.15, 0.2) is 96.7 Å². The highest BCUT2D eigenvalue weighted by Gasteiger charge is 2.23. The molecule has 9 nitrogen and oxygen atoms in total. The lowest BCUT2D eigenvalue weighted by atomic mass is 10.0. The van der Waals surface area contributed by atoms with Crippen molar-refractivity contribution in [1.82, 2.24) is 25.5 Å². The molecule has 2 aromatic carbocycles. The van der Waals surface area contributed by atoms with Crippen LogP contribution < -0.4 is 10.6 Å². The predicted molar refractivity (Wildman–Crippen MR) is 175 cm³/mol. The Labute approximate surface area is 267 Å². The first-order valence-electron chi connectivity index (χ1n) is 14.6. The van der Waals surface area contributed by atoms with Crippen molar-refractivity contribution < 1.29 is 19.1 Å². The molecule has 0 spiro atoms. The van der Waals surface area contributed by atoms with Gasteiger partial charge in [0.2, 0.25) is 0 Å². The Balaban J connectivity index is 1.47. The standard InChI is InChI=1S/C33H39N5O4S2/c1-2-3-10-15-38(20-28(16-26-11-6-4-7-12-26)36-32(39)41-22-30-18-34-24-43-30)21-29(17-27-13-8-5-9-14-27)37-33(40)42-23-31-19-35-25-44-31/h2,4-9,11-14,18-19,24-25,28-29H,1,3,10,15-17,20-23H2,(H,36,39)(H,37,40)/t28-,29-/m0/s1. The zero-order chi connectivity index (χ0) is 30.8. The summed E-state index contributed by atoms with van der Waals surface area (Å²) in [5.41, 5.74) is 5.64. The Morgan fingerprint density at radius 3 is 1.68 bits per heavy atom. The van der Waals surface area contributed by atoms with E-state index in [0.717, 1.165) is 40.3 Å². The summed E-state index contributed by atoms with van der Waals surface area (Å²) in [6.07, 6.45) is 7.36. The lowest BCUT2D eigenvalue weighted by molar-refractivity contribution is 0.126. The molecule has 0 aliphatic heterocycles. The minimum atomic E-state index is -0.476. The number of amides is 2. The molecular formula is C33H39N5O4S2. The quantitative estimate of drug-likeness (QED) is 0.0987. The number of rotatable bonds is 18. The number of allylic oxidation sites excluding steroid dienone is 1. The van der Waals surface area contributed by atoms with E-state index in [2.05, 4.69) is 56.3 Å². The average molecular weight is 634 g/mol. The largest absolute Gasteiger partial charge is 0.444 e. The van der Waals surface area contributed by atoms with Gasteiger partial charge in [-0.25, -0.2) is 9.59 Å². The third-order valence-electron chi connectivity index (χ3n) is 6.79. The highest BCUT2D eigenvalue weighted by Crippen LogP contribution is 2.12. The summed E-state index contributed by atoms with van der Waals surface area (Å²) in [6, 6.07) is 19.7. The number of unbranched alkanes of at least 4 members (excludes halogenated alkanes) is 1. The zero-order valence-corrected chi connectivity index (χ0v) is 26.3. The number of hydrogen-bond donors (Lipinski definition) is 2. The van der Waals surface area contributed by atoms with Crippen LogP contribution in [0, 0.1) is 0 Å². The van der Waals surface area contributed by atoms with Crippen LogP contribution in [0.4, 0.5) is 9.59 Å². The maximum Gasteiger partial charge on any atom is 0.407 e. The molecule has 2 heterocycles. The molecule has 2 amide bonds. The number of carbonyl (C=O) groups excluding carboxylic acids is 2. The summed E-state index contributed by atoms with van der Waals surface area (Å²) >= 11 is 2.89. The van der Waals surface area contributed by atoms with Crippen LogP contribution in [-0.2, 0) is 35.5 Å². The molecule has 11 heteroatoms. The maximum absolute atomic E-state index is 12.9. The van der Waals surface area contributed by atoms with Crippen molar-refractivity contribution in [2.45, 2.75) is 51.0 Å². The van der Waals surface area contributed by atoms with Gasteiger partial charge in [0.1, 0.15) is 13.2 Å². The van der Waals surface area contributed by atoms with E-state index in [-0.39, 0.29) is 25.3 Å². The topological polar surface area (TPSA) is 106 Å². The van der Waals surface area contributed by atoms with E-state index < -0.39 is 12.2 Å². The summed E-state index contributed by atoms with van der Waals surface area (Å²) in [7, 11) is 0. The molecule has 0 saturated carbocycles. The van der Waals surface area contributed by atoms with E-state index in [0.29, 0.717) is 25.9 Å². The number of ether oxygens (including phenoxy) is 2. The van der Waals surface area contributed by atoms with Crippen molar-refractivity contribution >= 4 is 34.9 Å². The molecule has 0 bridgehead atoms. The fourth-order valence-electron chi connectivity index (χ4n) is 4.78. The first kappa shape index (κ1) is 32.8. The van der Waals surface area contributed by atoms with Crippen LogP contribution in [-0.4, -0.2) is 58.8 Å². The van der Waals surface area contributed by atoms with E-state index in [1.54, 1.807) is 23.4 Å². The molecule has 0 radical (unpaired) electrons. The molecular weight excluding hydrogens is 595 g/mol. The molecule has 0 unspecified atom stereocenters. The summed E-state index contributed by atoms with van der Waals surface area (Å²) in [5, 5.41) is 6.19. The molecule has 232 valence electrons. The third-order valence-corrected chi connectivity index (χ3v) is 8.30. The first-order chi connectivity index (χ1) is 21.6. The number of nitrogens with zero attached hydrogens (tertiary/aromatic N) is 3. The van der Waals surface area contributed by atoms with Crippen molar-refractivity contribution in [3.63, 3.8) is 0 Å². The van der Waals surface area contributed by atoms with Crippen molar-refractivity contribution in [1.29, 1.82) is 0 Å². The number of benzene rings is 2. The maximum atomic E-state index is 12.9. The SMILES string of the molecule is C=CCCCN(C[C@H](Cc1ccccc1)NC(=O)OCc1cncs1)C[C@H](Cc1ccccc1)NC(=O)OCc1cncs1. The monoisotopic (exact) mass is 633 g/mol. The van der Waals surface area contributed by atoms with Gasteiger partial charge in [0.25, 0.3) is 0 Å². The number of carbonyl (C=O) groups is 2. The van der Waals surface area contributed by atoms with Gasteiger partial charge < -0.3 is 20.1 Å². The van der Waals surface area contributed by atoms with Gasteiger partial charge in [-0.05, 0) is 43.4 Å². The molecule has 2 aromatic heterocycles.